The highest BCUT2D eigenvalue weighted by Crippen LogP contribution is 2.27. The summed E-state index contributed by atoms with van der Waals surface area (Å²) in [4.78, 5) is 14.7. The summed E-state index contributed by atoms with van der Waals surface area (Å²) >= 11 is 5.04. The number of morpholine rings is 1. The predicted molar refractivity (Wildman–Crippen MR) is 71.8 cm³/mol. The highest BCUT2D eigenvalue weighted by molar-refractivity contribution is 7.80. The molecule has 2 N–H and O–H groups in total. The second kappa shape index (κ2) is 5.31. The van der Waals surface area contributed by atoms with E-state index in [-0.39, 0.29) is 23.0 Å². The predicted octanol–water partition coefficient (Wildman–Crippen LogP) is 1.32. The van der Waals surface area contributed by atoms with E-state index in [2.05, 4.69) is 0 Å². The van der Waals surface area contributed by atoms with Gasteiger partial charge in [-0.15, -0.1) is 0 Å². The van der Waals surface area contributed by atoms with Crippen LogP contribution in [0.15, 0.2) is 0 Å². The van der Waals surface area contributed by atoms with Gasteiger partial charge in [-0.05, 0) is 27.2 Å². The molecule has 3 atom stereocenters. The minimum Gasteiger partial charge on any atom is -0.392 e. The quantitative estimate of drug-likeness (QED) is 0.776. The summed E-state index contributed by atoms with van der Waals surface area (Å²) in [6, 6.07) is 0.0823. The van der Waals surface area contributed by atoms with Crippen molar-refractivity contribution in [1.82, 2.24) is 4.90 Å². The molecule has 0 spiro atoms. The van der Waals surface area contributed by atoms with Crippen LogP contribution in [0.1, 0.15) is 34.1 Å². The molecule has 3 unspecified atom stereocenters. The van der Waals surface area contributed by atoms with E-state index >= 15 is 0 Å². The number of thiocarbonyl (C=S) groups is 1. The van der Waals surface area contributed by atoms with Crippen molar-refractivity contribution < 1.29 is 9.53 Å². The van der Waals surface area contributed by atoms with Crippen molar-refractivity contribution >= 4 is 23.1 Å². The summed E-state index contributed by atoms with van der Waals surface area (Å²) in [5.41, 5.74) is 4.99. The third-order valence-corrected chi connectivity index (χ3v) is 4.04. The van der Waals surface area contributed by atoms with Crippen molar-refractivity contribution in [3.05, 3.63) is 0 Å². The van der Waals surface area contributed by atoms with E-state index in [0.29, 0.717) is 19.6 Å². The van der Waals surface area contributed by atoms with Crippen molar-refractivity contribution in [3.63, 3.8) is 0 Å². The number of amides is 1. The zero-order valence-electron chi connectivity index (χ0n) is 11.0. The summed E-state index contributed by atoms with van der Waals surface area (Å²) in [7, 11) is 0. The van der Waals surface area contributed by atoms with Gasteiger partial charge < -0.3 is 15.4 Å². The maximum atomic E-state index is 12.6. The number of hydrogen-bond donors (Lipinski definition) is 1. The van der Waals surface area contributed by atoms with Crippen LogP contribution in [0, 0.1) is 5.41 Å². The number of carbonyl (C=O) groups is 1. The Hall–Kier alpha value is -0.680. The Kier molecular flexibility index (Phi) is 4.49. The first-order valence-electron chi connectivity index (χ1n) is 6.05. The topological polar surface area (TPSA) is 55.6 Å². The van der Waals surface area contributed by atoms with E-state index < -0.39 is 5.41 Å². The van der Waals surface area contributed by atoms with Crippen LogP contribution < -0.4 is 5.73 Å². The molecule has 0 radical (unpaired) electrons. The molecule has 1 amide bonds. The zero-order valence-corrected chi connectivity index (χ0v) is 11.8. The van der Waals surface area contributed by atoms with Gasteiger partial charge in [0.25, 0.3) is 0 Å². The van der Waals surface area contributed by atoms with Gasteiger partial charge in [0, 0.05) is 6.54 Å². The smallest absolute Gasteiger partial charge is 0.235 e. The highest BCUT2D eigenvalue weighted by atomic mass is 32.1. The first-order chi connectivity index (χ1) is 7.82. The van der Waals surface area contributed by atoms with E-state index in [4.69, 9.17) is 22.7 Å². The highest BCUT2D eigenvalue weighted by Gasteiger charge is 2.41. The van der Waals surface area contributed by atoms with Gasteiger partial charge in [-0.3, -0.25) is 4.79 Å². The van der Waals surface area contributed by atoms with Crippen LogP contribution in [-0.4, -0.2) is 41.1 Å². The normalized spacial score (nSPS) is 28.6. The number of nitrogens with zero attached hydrogens (tertiary/aromatic N) is 1. The van der Waals surface area contributed by atoms with Gasteiger partial charge in [-0.25, -0.2) is 0 Å². The van der Waals surface area contributed by atoms with E-state index in [1.807, 2.05) is 32.6 Å². The maximum Gasteiger partial charge on any atom is 0.235 e. The lowest BCUT2D eigenvalue weighted by molar-refractivity contribution is -0.149. The van der Waals surface area contributed by atoms with Crippen molar-refractivity contribution in [2.45, 2.75) is 46.3 Å². The minimum atomic E-state index is -0.735. The Morgan fingerprint density at radius 2 is 2.18 bits per heavy atom. The lowest BCUT2D eigenvalue weighted by atomic mass is 9.85. The maximum absolute atomic E-state index is 12.6. The summed E-state index contributed by atoms with van der Waals surface area (Å²) in [6.45, 7) is 8.90. The molecule has 1 heterocycles. The molecule has 98 valence electrons. The minimum absolute atomic E-state index is 0.0233. The molecule has 0 aromatic heterocycles. The van der Waals surface area contributed by atoms with E-state index in [1.165, 1.54) is 0 Å². The van der Waals surface area contributed by atoms with Gasteiger partial charge in [-0.2, -0.15) is 0 Å². The van der Waals surface area contributed by atoms with Gasteiger partial charge in [0.1, 0.15) is 0 Å². The number of hydrogen-bond acceptors (Lipinski definition) is 3. The van der Waals surface area contributed by atoms with Gasteiger partial charge in [-0.1, -0.05) is 19.1 Å². The number of nitrogens with two attached hydrogens (primary N) is 1. The third-order valence-electron chi connectivity index (χ3n) is 3.59. The molecule has 1 rings (SSSR count). The Morgan fingerprint density at radius 1 is 1.59 bits per heavy atom. The van der Waals surface area contributed by atoms with Crippen LogP contribution in [-0.2, 0) is 9.53 Å². The molecule has 1 saturated heterocycles. The molecule has 5 heteroatoms. The molecule has 0 bridgehead atoms. The van der Waals surface area contributed by atoms with Crippen molar-refractivity contribution in [1.29, 1.82) is 0 Å². The second-order valence-electron chi connectivity index (χ2n) is 5.00. The first kappa shape index (κ1) is 14.4. The molecule has 1 fully saturated rings. The molecule has 0 aromatic carbocycles. The average Bonchev–Trinajstić information content (AvgIpc) is 2.30. The first-order valence-corrected chi connectivity index (χ1v) is 6.46. The standard InChI is InChI=1S/C12H22N2O2S/c1-5-12(4,10(13)17)11(15)14-6-9(3)16-7-8(14)2/h8-9H,5-7H2,1-4H3,(H2,13,17). The van der Waals surface area contributed by atoms with E-state index in [0.717, 1.165) is 0 Å². The van der Waals surface area contributed by atoms with Crippen LogP contribution >= 0.6 is 12.2 Å². The van der Waals surface area contributed by atoms with E-state index in [9.17, 15) is 4.79 Å². The lowest BCUT2D eigenvalue weighted by Gasteiger charge is -2.41. The van der Waals surface area contributed by atoms with Gasteiger partial charge in [0.05, 0.1) is 29.2 Å². The molecule has 1 aliphatic rings. The van der Waals surface area contributed by atoms with Gasteiger partial charge in [0.15, 0.2) is 0 Å². The molecule has 17 heavy (non-hydrogen) atoms. The summed E-state index contributed by atoms with van der Waals surface area (Å²) in [5.74, 6) is 0.0233. The monoisotopic (exact) mass is 258 g/mol. The summed E-state index contributed by atoms with van der Waals surface area (Å²) < 4.78 is 5.52. The fourth-order valence-corrected chi connectivity index (χ4v) is 2.17. The van der Waals surface area contributed by atoms with Crippen LogP contribution in [0.25, 0.3) is 0 Å². The molecule has 0 aliphatic carbocycles. The SMILES string of the molecule is CCC(C)(C(=O)N1CC(C)OCC1C)C(N)=S. The van der Waals surface area contributed by atoms with Crippen LogP contribution in [0.5, 0.6) is 0 Å². The molecular formula is C12H22N2O2S. The summed E-state index contributed by atoms with van der Waals surface area (Å²) in [5, 5.41) is 0. The largest absolute Gasteiger partial charge is 0.392 e. The zero-order chi connectivity index (χ0) is 13.2. The lowest BCUT2D eigenvalue weighted by Crippen LogP contribution is -2.57. The number of ether oxygens (including phenoxy) is 1. The van der Waals surface area contributed by atoms with Crippen molar-refractivity contribution in [2.75, 3.05) is 13.2 Å². The van der Waals surface area contributed by atoms with Crippen molar-refractivity contribution in [2.24, 2.45) is 11.1 Å². The fourth-order valence-electron chi connectivity index (χ4n) is 1.93. The number of carbonyl (C=O) groups excluding carboxylic acids is 1. The van der Waals surface area contributed by atoms with Crippen LogP contribution in [0.3, 0.4) is 0 Å². The fraction of sp³-hybridized carbons (Fsp3) is 0.833. The molecular weight excluding hydrogens is 236 g/mol. The Bertz CT molecular complexity index is 322. The summed E-state index contributed by atoms with van der Waals surface area (Å²) in [6.07, 6.45) is 0.696. The van der Waals surface area contributed by atoms with Crippen LogP contribution in [0.4, 0.5) is 0 Å². The molecule has 1 aliphatic heterocycles. The molecule has 0 saturated carbocycles. The van der Waals surface area contributed by atoms with E-state index in [1.54, 1.807) is 0 Å². The molecule has 0 aromatic rings. The Morgan fingerprint density at radius 3 is 2.65 bits per heavy atom. The third kappa shape index (κ3) is 2.77. The molecule has 4 nitrogen and oxygen atoms in total. The van der Waals surface area contributed by atoms with Gasteiger partial charge in [0.2, 0.25) is 5.91 Å². The average molecular weight is 258 g/mol. The second-order valence-corrected chi connectivity index (χ2v) is 5.44. The Labute approximate surface area is 108 Å². The van der Waals surface area contributed by atoms with Crippen LogP contribution in [0.2, 0.25) is 0 Å². The van der Waals surface area contributed by atoms with Gasteiger partial charge >= 0.3 is 0 Å². The Balaban J connectivity index is 2.90. The van der Waals surface area contributed by atoms with Crippen molar-refractivity contribution in [3.8, 4) is 0 Å². The number of rotatable bonds is 3.